The van der Waals surface area contributed by atoms with Crippen molar-refractivity contribution in [2.24, 2.45) is 0 Å². The highest BCUT2D eigenvalue weighted by Crippen LogP contribution is 2.28. The first kappa shape index (κ1) is 20.1. The van der Waals surface area contributed by atoms with Crippen molar-refractivity contribution in [3.8, 4) is 5.75 Å². The first-order valence-corrected chi connectivity index (χ1v) is 10.8. The molecule has 0 fully saturated rings. The van der Waals surface area contributed by atoms with Gasteiger partial charge < -0.3 is 10.5 Å². The maximum atomic E-state index is 6.17. The molecule has 0 saturated carbocycles. The number of aromatic nitrogens is 2. The van der Waals surface area contributed by atoms with Gasteiger partial charge in [0.1, 0.15) is 11.3 Å². The first-order chi connectivity index (χ1) is 14.6. The van der Waals surface area contributed by atoms with Crippen molar-refractivity contribution in [1.82, 2.24) is 9.97 Å². The number of aryl methyl sites for hydroxylation is 3. The van der Waals surface area contributed by atoms with Crippen LogP contribution < -0.4 is 10.5 Å². The van der Waals surface area contributed by atoms with Crippen molar-refractivity contribution >= 4 is 27.6 Å². The highest BCUT2D eigenvalue weighted by molar-refractivity contribution is 6.08. The molecule has 0 amide bonds. The second-order valence-electron chi connectivity index (χ2n) is 7.96. The predicted octanol–water partition coefficient (Wildman–Crippen LogP) is 6.03. The summed E-state index contributed by atoms with van der Waals surface area (Å²) in [5, 5.41) is 2.18. The van der Waals surface area contributed by atoms with E-state index in [1.54, 1.807) is 0 Å². The Labute approximate surface area is 178 Å². The van der Waals surface area contributed by atoms with E-state index in [1.807, 2.05) is 6.20 Å². The standard InChI is InChI=1S/C26H29N3O/c1-3-4-5-14-30-21-11-9-19(10-12-21)7-8-20-16-23-22-13-6-18(2)15-24(22)29-26(27)25(23)28-17-20/h6,9-13,15-17H,3-5,7-8,14H2,1-2H3,(H2,27,29). The number of pyridine rings is 2. The number of nitrogen functional groups attached to an aromatic ring is 1. The van der Waals surface area contributed by atoms with E-state index in [-0.39, 0.29) is 0 Å². The van der Waals surface area contributed by atoms with Crippen molar-refractivity contribution in [2.45, 2.75) is 46.0 Å². The number of nitrogens with zero attached hydrogens (tertiary/aromatic N) is 2. The van der Waals surface area contributed by atoms with E-state index in [2.05, 4.69) is 72.3 Å². The molecule has 0 aliphatic heterocycles. The Morgan fingerprint density at radius 2 is 1.70 bits per heavy atom. The van der Waals surface area contributed by atoms with Crippen LogP contribution in [0.15, 0.2) is 54.7 Å². The number of anilines is 1. The molecule has 30 heavy (non-hydrogen) atoms. The highest BCUT2D eigenvalue weighted by atomic mass is 16.5. The molecule has 0 saturated heterocycles. The minimum Gasteiger partial charge on any atom is -0.494 e. The number of hydrogen-bond acceptors (Lipinski definition) is 4. The number of ether oxygens (including phenoxy) is 1. The summed E-state index contributed by atoms with van der Waals surface area (Å²) < 4.78 is 5.81. The molecule has 0 spiro atoms. The summed E-state index contributed by atoms with van der Waals surface area (Å²) in [6.45, 7) is 5.06. The van der Waals surface area contributed by atoms with Crippen LogP contribution in [0.25, 0.3) is 21.8 Å². The van der Waals surface area contributed by atoms with E-state index in [0.29, 0.717) is 5.82 Å². The summed E-state index contributed by atoms with van der Waals surface area (Å²) in [7, 11) is 0. The maximum absolute atomic E-state index is 6.17. The van der Waals surface area contributed by atoms with Gasteiger partial charge in [-0.2, -0.15) is 0 Å². The first-order valence-electron chi connectivity index (χ1n) is 10.8. The number of nitrogens with two attached hydrogens (primary N) is 1. The normalized spacial score (nSPS) is 11.3. The van der Waals surface area contributed by atoms with Crippen LogP contribution in [0.5, 0.6) is 5.75 Å². The Morgan fingerprint density at radius 1 is 0.900 bits per heavy atom. The van der Waals surface area contributed by atoms with Gasteiger partial charge in [-0.05, 0) is 67.1 Å². The van der Waals surface area contributed by atoms with Crippen LogP contribution in [0.3, 0.4) is 0 Å². The molecule has 154 valence electrons. The summed E-state index contributed by atoms with van der Waals surface area (Å²) in [4.78, 5) is 9.15. The average molecular weight is 400 g/mol. The lowest BCUT2D eigenvalue weighted by atomic mass is 10.0. The van der Waals surface area contributed by atoms with Crippen LogP contribution in [0.1, 0.15) is 42.9 Å². The van der Waals surface area contributed by atoms with Gasteiger partial charge in [-0.1, -0.05) is 44.0 Å². The molecule has 4 heteroatoms. The Balaban J connectivity index is 1.48. The van der Waals surface area contributed by atoms with Crippen molar-refractivity contribution < 1.29 is 4.74 Å². The van der Waals surface area contributed by atoms with Gasteiger partial charge in [0.05, 0.1) is 12.1 Å². The maximum Gasteiger partial charge on any atom is 0.150 e. The second kappa shape index (κ2) is 9.12. The van der Waals surface area contributed by atoms with Crippen LogP contribution in [0.4, 0.5) is 5.82 Å². The highest BCUT2D eigenvalue weighted by Gasteiger charge is 2.09. The molecule has 4 aromatic rings. The predicted molar refractivity (Wildman–Crippen MR) is 125 cm³/mol. The lowest BCUT2D eigenvalue weighted by Gasteiger charge is -2.09. The minimum atomic E-state index is 0.490. The third-order valence-electron chi connectivity index (χ3n) is 5.51. The fourth-order valence-electron chi connectivity index (χ4n) is 3.78. The van der Waals surface area contributed by atoms with Crippen LogP contribution in [-0.4, -0.2) is 16.6 Å². The summed E-state index contributed by atoms with van der Waals surface area (Å²) in [6.07, 6.45) is 7.35. The van der Waals surface area contributed by atoms with Crippen LogP contribution in [0, 0.1) is 6.92 Å². The van der Waals surface area contributed by atoms with Crippen molar-refractivity contribution in [3.05, 3.63) is 71.4 Å². The SMILES string of the molecule is CCCCCOc1ccc(CCc2cnc3c(N)nc4cc(C)ccc4c3c2)cc1. The van der Waals surface area contributed by atoms with E-state index >= 15 is 0 Å². The Hall–Kier alpha value is -3.14. The zero-order chi connectivity index (χ0) is 20.9. The number of rotatable bonds is 8. The van der Waals surface area contributed by atoms with Gasteiger partial charge >= 0.3 is 0 Å². The largest absolute Gasteiger partial charge is 0.494 e. The fraction of sp³-hybridized carbons (Fsp3) is 0.308. The number of fused-ring (bicyclic) bond motifs is 3. The number of benzene rings is 2. The molecule has 4 nitrogen and oxygen atoms in total. The fourth-order valence-corrected chi connectivity index (χ4v) is 3.78. The third kappa shape index (κ3) is 4.54. The van der Waals surface area contributed by atoms with Gasteiger partial charge in [0.15, 0.2) is 5.82 Å². The molecule has 2 heterocycles. The van der Waals surface area contributed by atoms with Gasteiger partial charge in [-0.25, -0.2) is 4.98 Å². The minimum absolute atomic E-state index is 0.490. The van der Waals surface area contributed by atoms with E-state index in [1.165, 1.54) is 29.5 Å². The second-order valence-corrected chi connectivity index (χ2v) is 7.96. The van der Waals surface area contributed by atoms with Crippen molar-refractivity contribution in [2.75, 3.05) is 12.3 Å². The van der Waals surface area contributed by atoms with Gasteiger partial charge in [-0.15, -0.1) is 0 Å². The third-order valence-corrected chi connectivity index (χ3v) is 5.51. The Bertz CT molecular complexity index is 1150. The summed E-state index contributed by atoms with van der Waals surface area (Å²) in [5.74, 6) is 1.44. The molecule has 0 unspecified atom stereocenters. The Kier molecular flexibility index (Phi) is 6.12. The van der Waals surface area contributed by atoms with E-state index in [0.717, 1.165) is 53.4 Å². The topological polar surface area (TPSA) is 61.0 Å². The molecule has 0 aliphatic rings. The smallest absolute Gasteiger partial charge is 0.150 e. The monoisotopic (exact) mass is 399 g/mol. The van der Waals surface area contributed by atoms with Crippen LogP contribution in [0.2, 0.25) is 0 Å². The van der Waals surface area contributed by atoms with Gasteiger partial charge in [0, 0.05) is 17.0 Å². The number of unbranched alkanes of at least 4 members (excludes halogenated alkanes) is 2. The van der Waals surface area contributed by atoms with Crippen LogP contribution in [-0.2, 0) is 12.8 Å². The lowest BCUT2D eigenvalue weighted by molar-refractivity contribution is 0.306. The molecule has 0 aliphatic carbocycles. The average Bonchev–Trinajstić information content (AvgIpc) is 2.76. The van der Waals surface area contributed by atoms with Crippen molar-refractivity contribution in [3.63, 3.8) is 0 Å². The lowest BCUT2D eigenvalue weighted by Crippen LogP contribution is -1.99. The number of hydrogen-bond donors (Lipinski definition) is 1. The molecule has 2 aromatic heterocycles. The van der Waals surface area contributed by atoms with Gasteiger partial charge in [0.2, 0.25) is 0 Å². The Morgan fingerprint density at radius 3 is 2.50 bits per heavy atom. The molecular formula is C26H29N3O. The quantitative estimate of drug-likeness (QED) is 0.290. The molecule has 0 radical (unpaired) electrons. The summed E-state index contributed by atoms with van der Waals surface area (Å²) in [5.41, 5.74) is 11.5. The van der Waals surface area contributed by atoms with Crippen molar-refractivity contribution in [1.29, 1.82) is 0 Å². The summed E-state index contributed by atoms with van der Waals surface area (Å²) in [6, 6.07) is 17.0. The molecule has 2 aromatic carbocycles. The molecular weight excluding hydrogens is 370 g/mol. The van der Waals surface area contributed by atoms with Crippen LogP contribution >= 0.6 is 0 Å². The zero-order valence-corrected chi connectivity index (χ0v) is 17.8. The zero-order valence-electron chi connectivity index (χ0n) is 17.8. The molecule has 2 N–H and O–H groups in total. The van der Waals surface area contributed by atoms with E-state index in [4.69, 9.17) is 10.5 Å². The van der Waals surface area contributed by atoms with Gasteiger partial charge in [-0.3, -0.25) is 4.98 Å². The summed E-state index contributed by atoms with van der Waals surface area (Å²) >= 11 is 0. The van der Waals surface area contributed by atoms with Gasteiger partial charge in [0.25, 0.3) is 0 Å². The molecule has 4 rings (SSSR count). The van der Waals surface area contributed by atoms with E-state index < -0.39 is 0 Å². The molecule has 0 bridgehead atoms. The molecule has 0 atom stereocenters. The van der Waals surface area contributed by atoms with E-state index in [9.17, 15) is 0 Å².